The number of benzene rings is 1. The fraction of sp³-hybridized carbons (Fsp3) is 0.500. The number of nitrogens with one attached hydrogen (secondary N) is 1. The minimum absolute atomic E-state index is 0. The Balaban J connectivity index is 0.00000162. The molecule has 3 nitrogen and oxygen atoms in total. The molecule has 0 aromatic heterocycles. The van der Waals surface area contributed by atoms with Crippen LogP contribution < -0.4 is 5.32 Å². The highest BCUT2D eigenvalue weighted by atomic mass is 35.5. The van der Waals surface area contributed by atoms with Crippen LogP contribution in [0.15, 0.2) is 24.3 Å². The van der Waals surface area contributed by atoms with Gasteiger partial charge in [-0.25, -0.2) is 0 Å². The molecule has 1 amide bonds. The largest absolute Gasteiger partial charge is 0.333 e. The van der Waals surface area contributed by atoms with Gasteiger partial charge in [0.1, 0.15) is 0 Å². The lowest BCUT2D eigenvalue weighted by atomic mass is 10.0. The predicted molar refractivity (Wildman–Crippen MR) is 76.4 cm³/mol. The Kier molecular flexibility index (Phi) is 5.17. The molecule has 1 aromatic rings. The van der Waals surface area contributed by atoms with Crippen LogP contribution in [0.2, 0.25) is 0 Å². The van der Waals surface area contributed by atoms with Crippen molar-refractivity contribution in [1.82, 2.24) is 10.2 Å². The van der Waals surface area contributed by atoms with E-state index in [1.807, 2.05) is 36.1 Å². The summed E-state index contributed by atoms with van der Waals surface area (Å²) in [6.45, 7) is 7.89. The molecule has 1 fully saturated rings. The monoisotopic (exact) mass is 268 g/mol. The number of hydrogen-bond acceptors (Lipinski definition) is 2. The van der Waals surface area contributed by atoms with E-state index in [4.69, 9.17) is 0 Å². The van der Waals surface area contributed by atoms with Crippen molar-refractivity contribution in [2.75, 3.05) is 13.1 Å². The Hall–Kier alpha value is -1.06. The summed E-state index contributed by atoms with van der Waals surface area (Å²) in [5.74, 6) is 0.156. The van der Waals surface area contributed by atoms with Crippen molar-refractivity contribution in [3.05, 3.63) is 35.4 Å². The van der Waals surface area contributed by atoms with Crippen LogP contribution in [0.3, 0.4) is 0 Å². The quantitative estimate of drug-likeness (QED) is 0.847. The summed E-state index contributed by atoms with van der Waals surface area (Å²) < 4.78 is 0. The van der Waals surface area contributed by atoms with Crippen molar-refractivity contribution in [2.45, 2.75) is 32.9 Å². The first-order chi connectivity index (χ1) is 8.11. The van der Waals surface area contributed by atoms with E-state index in [1.54, 1.807) is 0 Å². The average Bonchev–Trinajstić information content (AvgIpc) is 2.32. The number of hydrogen-bond donors (Lipinski definition) is 1. The summed E-state index contributed by atoms with van der Waals surface area (Å²) in [4.78, 5) is 14.5. The number of carbonyl (C=O) groups is 1. The minimum Gasteiger partial charge on any atom is -0.333 e. The first-order valence-electron chi connectivity index (χ1n) is 6.21. The highest BCUT2D eigenvalue weighted by Gasteiger charge is 2.29. The molecule has 0 radical (unpaired) electrons. The molecule has 1 aliphatic rings. The summed E-state index contributed by atoms with van der Waals surface area (Å²) in [5.41, 5.74) is 1.88. The van der Waals surface area contributed by atoms with E-state index in [9.17, 15) is 4.79 Å². The normalized spacial score (nSPS) is 23.4. The first-order valence-corrected chi connectivity index (χ1v) is 6.21. The maximum Gasteiger partial charge on any atom is 0.254 e. The van der Waals surface area contributed by atoms with E-state index >= 15 is 0 Å². The van der Waals surface area contributed by atoms with Crippen LogP contribution in [-0.4, -0.2) is 36.0 Å². The third-order valence-electron chi connectivity index (χ3n) is 3.67. The zero-order valence-corrected chi connectivity index (χ0v) is 12.0. The molecule has 1 heterocycles. The van der Waals surface area contributed by atoms with E-state index in [0.717, 1.165) is 24.2 Å². The highest BCUT2D eigenvalue weighted by Crippen LogP contribution is 2.16. The predicted octanol–water partition coefficient (Wildman–Crippen LogP) is 2.24. The Morgan fingerprint density at radius 1 is 1.33 bits per heavy atom. The molecule has 1 aliphatic heterocycles. The van der Waals surface area contributed by atoms with Gasteiger partial charge in [-0.1, -0.05) is 18.2 Å². The zero-order chi connectivity index (χ0) is 12.4. The van der Waals surface area contributed by atoms with Crippen molar-refractivity contribution in [2.24, 2.45) is 0 Å². The second kappa shape index (κ2) is 6.21. The summed E-state index contributed by atoms with van der Waals surface area (Å²) in [5, 5.41) is 3.39. The van der Waals surface area contributed by atoms with Crippen LogP contribution in [0.5, 0.6) is 0 Å². The van der Waals surface area contributed by atoms with Gasteiger partial charge >= 0.3 is 0 Å². The molecule has 1 aromatic carbocycles. The van der Waals surface area contributed by atoms with E-state index in [2.05, 4.69) is 19.2 Å². The number of halogens is 1. The first kappa shape index (κ1) is 15.0. The maximum absolute atomic E-state index is 12.5. The molecule has 2 unspecified atom stereocenters. The van der Waals surface area contributed by atoms with Gasteiger partial charge in [0.05, 0.1) is 0 Å². The Morgan fingerprint density at radius 2 is 2.00 bits per heavy atom. The van der Waals surface area contributed by atoms with Gasteiger partial charge in [-0.15, -0.1) is 12.4 Å². The van der Waals surface area contributed by atoms with Crippen molar-refractivity contribution in [1.29, 1.82) is 0 Å². The van der Waals surface area contributed by atoms with Crippen molar-refractivity contribution in [3.8, 4) is 0 Å². The van der Waals surface area contributed by atoms with Crippen LogP contribution >= 0.6 is 12.4 Å². The number of carbonyl (C=O) groups excluding carboxylic acids is 1. The standard InChI is InChI=1S/C14H20N2O.ClH/c1-10-6-4-5-7-13(10)14(17)16-9-8-15-11(2)12(16)3;/h4-7,11-12,15H,8-9H2,1-3H3;1H. The number of nitrogens with zero attached hydrogens (tertiary/aromatic N) is 1. The van der Waals surface area contributed by atoms with Crippen molar-refractivity contribution >= 4 is 18.3 Å². The van der Waals surface area contributed by atoms with Crippen LogP contribution in [0, 0.1) is 6.92 Å². The number of amides is 1. The SMILES string of the molecule is Cc1ccccc1C(=O)N1CCNC(C)C1C.Cl. The third kappa shape index (κ3) is 2.85. The van der Waals surface area contributed by atoms with E-state index in [1.165, 1.54) is 0 Å². The van der Waals surface area contributed by atoms with Crippen LogP contribution in [-0.2, 0) is 0 Å². The topological polar surface area (TPSA) is 32.3 Å². The smallest absolute Gasteiger partial charge is 0.254 e. The lowest BCUT2D eigenvalue weighted by molar-refractivity contribution is 0.0602. The second-order valence-corrected chi connectivity index (χ2v) is 4.80. The molecular formula is C14H21ClN2O. The molecule has 0 aliphatic carbocycles. The summed E-state index contributed by atoms with van der Waals surface area (Å²) >= 11 is 0. The van der Waals surface area contributed by atoms with Crippen molar-refractivity contribution in [3.63, 3.8) is 0 Å². The summed E-state index contributed by atoms with van der Waals surface area (Å²) in [6.07, 6.45) is 0. The Morgan fingerprint density at radius 3 is 2.67 bits per heavy atom. The molecule has 0 bridgehead atoms. The molecule has 2 rings (SSSR count). The lowest BCUT2D eigenvalue weighted by Crippen LogP contribution is -2.57. The van der Waals surface area contributed by atoms with Gasteiger partial charge in [-0.2, -0.15) is 0 Å². The molecule has 0 saturated carbocycles. The number of rotatable bonds is 1. The molecule has 100 valence electrons. The van der Waals surface area contributed by atoms with Gasteiger partial charge in [0, 0.05) is 30.7 Å². The summed E-state index contributed by atoms with van der Waals surface area (Å²) in [7, 11) is 0. The van der Waals surface area contributed by atoms with Gasteiger partial charge in [-0.05, 0) is 32.4 Å². The summed E-state index contributed by atoms with van der Waals surface area (Å²) in [6, 6.07) is 8.40. The van der Waals surface area contributed by atoms with Crippen LogP contribution in [0.4, 0.5) is 0 Å². The van der Waals surface area contributed by atoms with E-state index in [-0.39, 0.29) is 24.4 Å². The van der Waals surface area contributed by atoms with E-state index < -0.39 is 0 Å². The molecule has 18 heavy (non-hydrogen) atoms. The van der Waals surface area contributed by atoms with Crippen LogP contribution in [0.25, 0.3) is 0 Å². The second-order valence-electron chi connectivity index (χ2n) is 4.80. The van der Waals surface area contributed by atoms with E-state index in [0.29, 0.717) is 6.04 Å². The van der Waals surface area contributed by atoms with Crippen LogP contribution in [0.1, 0.15) is 29.8 Å². The lowest BCUT2D eigenvalue weighted by Gasteiger charge is -2.38. The Bertz CT molecular complexity index is 422. The maximum atomic E-state index is 12.5. The number of aryl methyl sites for hydroxylation is 1. The third-order valence-corrected chi connectivity index (χ3v) is 3.67. The molecular weight excluding hydrogens is 248 g/mol. The highest BCUT2D eigenvalue weighted by molar-refractivity contribution is 5.95. The van der Waals surface area contributed by atoms with Crippen molar-refractivity contribution < 1.29 is 4.79 Å². The van der Waals surface area contributed by atoms with Gasteiger partial charge in [0.15, 0.2) is 0 Å². The van der Waals surface area contributed by atoms with Gasteiger partial charge in [-0.3, -0.25) is 4.79 Å². The Labute approximate surface area is 115 Å². The zero-order valence-electron chi connectivity index (χ0n) is 11.1. The number of piperazine rings is 1. The molecule has 4 heteroatoms. The molecule has 0 spiro atoms. The fourth-order valence-corrected chi connectivity index (χ4v) is 2.31. The molecule has 1 N–H and O–H groups in total. The average molecular weight is 269 g/mol. The fourth-order valence-electron chi connectivity index (χ4n) is 2.31. The van der Waals surface area contributed by atoms with Gasteiger partial charge < -0.3 is 10.2 Å². The minimum atomic E-state index is 0. The molecule has 1 saturated heterocycles. The molecule has 2 atom stereocenters. The van der Waals surface area contributed by atoms with Gasteiger partial charge in [0.2, 0.25) is 0 Å². The van der Waals surface area contributed by atoms with Gasteiger partial charge in [0.25, 0.3) is 5.91 Å².